The molecular formula is C36H39N7O. The van der Waals surface area contributed by atoms with Gasteiger partial charge in [0.1, 0.15) is 5.69 Å². The Balaban J connectivity index is 1.16. The average molecular weight is 586 g/mol. The Morgan fingerprint density at radius 2 is 1.89 bits per heavy atom. The Morgan fingerprint density at radius 1 is 1.02 bits per heavy atom. The molecule has 1 atom stereocenters. The van der Waals surface area contributed by atoms with Crippen molar-refractivity contribution in [1.29, 1.82) is 0 Å². The van der Waals surface area contributed by atoms with Crippen molar-refractivity contribution in [2.24, 2.45) is 7.05 Å². The number of fused-ring (bicyclic) bond motifs is 1. The van der Waals surface area contributed by atoms with Crippen LogP contribution in [0.3, 0.4) is 0 Å². The van der Waals surface area contributed by atoms with Crippen LogP contribution >= 0.6 is 0 Å². The van der Waals surface area contributed by atoms with E-state index in [0.29, 0.717) is 18.0 Å². The Bertz CT molecular complexity index is 1890. The van der Waals surface area contributed by atoms with Crippen molar-refractivity contribution < 1.29 is 4.79 Å². The van der Waals surface area contributed by atoms with E-state index in [9.17, 15) is 4.79 Å². The van der Waals surface area contributed by atoms with Crippen molar-refractivity contribution in [3.63, 3.8) is 0 Å². The lowest BCUT2D eigenvalue weighted by atomic mass is 9.96. The summed E-state index contributed by atoms with van der Waals surface area (Å²) in [7, 11) is 4.08. The second-order valence-electron chi connectivity index (χ2n) is 12.0. The molecule has 0 bridgehead atoms. The molecule has 1 aliphatic rings. The van der Waals surface area contributed by atoms with E-state index in [1.807, 2.05) is 61.1 Å². The van der Waals surface area contributed by atoms with Crippen molar-refractivity contribution in [3.05, 3.63) is 112 Å². The van der Waals surface area contributed by atoms with Gasteiger partial charge in [-0.15, -0.1) is 0 Å². The van der Waals surface area contributed by atoms with Gasteiger partial charge in [0.25, 0.3) is 0 Å². The molecule has 0 aliphatic carbocycles. The van der Waals surface area contributed by atoms with Crippen molar-refractivity contribution in [2.75, 3.05) is 32.0 Å². The highest BCUT2D eigenvalue weighted by Crippen LogP contribution is 2.22. The third kappa shape index (κ3) is 6.45. The number of likely N-dealkylation sites (N-methyl/N-ethyl adjacent to an activating group) is 1. The van der Waals surface area contributed by atoms with E-state index in [2.05, 4.69) is 76.1 Å². The summed E-state index contributed by atoms with van der Waals surface area (Å²) >= 11 is 0. The molecule has 44 heavy (non-hydrogen) atoms. The van der Waals surface area contributed by atoms with Crippen molar-refractivity contribution in [3.8, 4) is 11.8 Å². The van der Waals surface area contributed by atoms with Crippen LogP contribution in [0.2, 0.25) is 0 Å². The van der Waals surface area contributed by atoms with E-state index in [-0.39, 0.29) is 5.78 Å². The molecule has 1 aliphatic heterocycles. The number of Topliss-reactive ketones (excluding diaryl/α,β-unsaturated/α-hetero) is 1. The Morgan fingerprint density at radius 3 is 2.66 bits per heavy atom. The smallest absolute Gasteiger partial charge is 0.167 e. The van der Waals surface area contributed by atoms with Gasteiger partial charge in [0.05, 0.1) is 23.8 Å². The normalized spacial score (nSPS) is 15.7. The van der Waals surface area contributed by atoms with Gasteiger partial charge in [-0.3, -0.25) is 18.8 Å². The summed E-state index contributed by atoms with van der Waals surface area (Å²) in [5.74, 6) is 6.66. The molecule has 0 radical (unpaired) electrons. The highest BCUT2D eigenvalue weighted by atomic mass is 16.1. The average Bonchev–Trinajstić information content (AvgIpc) is 3.62. The molecule has 0 unspecified atom stereocenters. The van der Waals surface area contributed by atoms with Crippen molar-refractivity contribution >= 4 is 22.8 Å². The molecule has 6 rings (SSSR count). The SMILES string of the molecule is Cc1ccc(C(=O)Cc2ccc(CN3CCN(C)[C@H](C)C3)c(C)c2)cc1C#Cc1cnc2c(Nc3cnn(C)c3)cccn12. The molecule has 1 saturated heterocycles. The highest BCUT2D eigenvalue weighted by molar-refractivity contribution is 5.98. The summed E-state index contributed by atoms with van der Waals surface area (Å²) in [5, 5.41) is 7.60. The number of aromatic nitrogens is 4. The number of rotatable bonds is 7. The van der Waals surface area contributed by atoms with Gasteiger partial charge in [-0.05, 0) is 74.2 Å². The number of nitrogens with one attached hydrogen (secondary N) is 1. The predicted molar refractivity (Wildman–Crippen MR) is 175 cm³/mol. The third-order valence-electron chi connectivity index (χ3n) is 8.61. The topological polar surface area (TPSA) is 70.7 Å². The van der Waals surface area contributed by atoms with Gasteiger partial charge in [0.2, 0.25) is 0 Å². The highest BCUT2D eigenvalue weighted by Gasteiger charge is 2.21. The van der Waals surface area contributed by atoms with E-state index in [1.54, 1.807) is 17.1 Å². The molecule has 0 amide bonds. The number of aryl methyl sites for hydroxylation is 3. The summed E-state index contributed by atoms with van der Waals surface area (Å²) in [6.45, 7) is 10.7. The number of carbonyl (C=O) groups excluding carboxylic acids is 1. The zero-order valence-electron chi connectivity index (χ0n) is 26.1. The first-order chi connectivity index (χ1) is 21.2. The largest absolute Gasteiger partial charge is 0.350 e. The monoisotopic (exact) mass is 585 g/mol. The summed E-state index contributed by atoms with van der Waals surface area (Å²) in [6.07, 6.45) is 7.78. The quantitative estimate of drug-likeness (QED) is 0.204. The summed E-state index contributed by atoms with van der Waals surface area (Å²) in [5.41, 5.74) is 9.46. The molecule has 5 aromatic rings. The zero-order valence-corrected chi connectivity index (χ0v) is 26.1. The van der Waals surface area contributed by atoms with Gasteiger partial charge in [0, 0.05) is 69.2 Å². The lowest BCUT2D eigenvalue weighted by molar-refractivity contribution is 0.0991. The molecule has 1 N–H and O–H groups in total. The minimum atomic E-state index is 0.0917. The van der Waals surface area contributed by atoms with Gasteiger partial charge in [-0.1, -0.05) is 36.3 Å². The van der Waals surface area contributed by atoms with E-state index < -0.39 is 0 Å². The summed E-state index contributed by atoms with van der Waals surface area (Å²) in [4.78, 5) is 22.9. The summed E-state index contributed by atoms with van der Waals surface area (Å²) < 4.78 is 3.71. The van der Waals surface area contributed by atoms with E-state index in [4.69, 9.17) is 0 Å². The number of carbonyl (C=O) groups is 1. The van der Waals surface area contributed by atoms with Gasteiger partial charge in [0.15, 0.2) is 11.4 Å². The Hall–Kier alpha value is -4.71. The number of imidazole rings is 1. The molecule has 3 aromatic heterocycles. The van der Waals surface area contributed by atoms with Crippen LogP contribution in [-0.2, 0) is 20.0 Å². The number of hydrogen-bond donors (Lipinski definition) is 1. The number of ketones is 1. The van der Waals surface area contributed by atoms with Gasteiger partial charge in [-0.25, -0.2) is 4.98 Å². The fourth-order valence-corrected chi connectivity index (χ4v) is 5.74. The summed E-state index contributed by atoms with van der Waals surface area (Å²) in [6, 6.07) is 16.8. The standard InChI is InChI=1S/C36H39N7O/c1-25-8-10-30(35(44)18-28-9-11-31(26(2)17-28)23-42-16-15-40(4)27(3)22-42)19-29(25)12-13-33-21-37-36-34(7-6-14-43(33)36)39-32-20-38-41(5)24-32/h6-11,14,17,19-21,24,27,39H,15-16,18,22-23H2,1-5H3/t27-/m1/s1. The van der Waals surface area contributed by atoms with Crippen LogP contribution in [0.1, 0.15) is 50.8 Å². The molecule has 0 saturated carbocycles. The zero-order chi connectivity index (χ0) is 30.8. The van der Waals surface area contributed by atoms with Crippen LogP contribution < -0.4 is 5.32 Å². The number of benzene rings is 2. The number of hydrogen-bond acceptors (Lipinski definition) is 6. The van der Waals surface area contributed by atoms with E-state index in [0.717, 1.165) is 65.6 Å². The second kappa shape index (κ2) is 12.5. The second-order valence-corrected chi connectivity index (χ2v) is 12.0. The first-order valence-corrected chi connectivity index (χ1v) is 15.1. The number of nitrogens with zero attached hydrogens (tertiary/aromatic N) is 6. The van der Waals surface area contributed by atoms with Crippen LogP contribution in [0.5, 0.6) is 0 Å². The predicted octanol–water partition coefficient (Wildman–Crippen LogP) is 5.39. The maximum absolute atomic E-state index is 13.4. The number of piperazine rings is 1. The first kappa shape index (κ1) is 29.4. The van der Waals surface area contributed by atoms with Crippen LogP contribution in [0.4, 0.5) is 11.4 Å². The number of pyridine rings is 1. The molecular weight excluding hydrogens is 546 g/mol. The minimum Gasteiger partial charge on any atom is -0.350 e. The molecule has 4 heterocycles. The molecule has 2 aromatic carbocycles. The third-order valence-corrected chi connectivity index (χ3v) is 8.61. The van der Waals surface area contributed by atoms with E-state index in [1.165, 1.54) is 11.1 Å². The lowest BCUT2D eigenvalue weighted by Crippen LogP contribution is -2.49. The fourth-order valence-electron chi connectivity index (χ4n) is 5.74. The van der Waals surface area contributed by atoms with Crippen LogP contribution in [-0.4, -0.2) is 67.5 Å². The minimum absolute atomic E-state index is 0.0917. The first-order valence-electron chi connectivity index (χ1n) is 15.1. The van der Waals surface area contributed by atoms with Crippen LogP contribution in [0.25, 0.3) is 5.65 Å². The maximum atomic E-state index is 13.4. The number of anilines is 2. The molecule has 8 heteroatoms. The van der Waals surface area contributed by atoms with Crippen LogP contribution in [0, 0.1) is 25.7 Å². The van der Waals surface area contributed by atoms with E-state index >= 15 is 0 Å². The van der Waals surface area contributed by atoms with Crippen molar-refractivity contribution in [2.45, 2.75) is 39.8 Å². The van der Waals surface area contributed by atoms with Gasteiger partial charge in [-0.2, -0.15) is 5.10 Å². The van der Waals surface area contributed by atoms with Crippen LogP contribution in [0.15, 0.2) is 73.3 Å². The Labute approximate surface area is 259 Å². The lowest BCUT2D eigenvalue weighted by Gasteiger charge is -2.37. The van der Waals surface area contributed by atoms with Crippen molar-refractivity contribution in [1.82, 2.24) is 29.0 Å². The molecule has 8 nitrogen and oxygen atoms in total. The molecule has 0 spiro atoms. The molecule has 1 fully saturated rings. The fraction of sp³-hybridized carbons (Fsp3) is 0.306. The molecule has 224 valence electrons. The van der Waals surface area contributed by atoms with Gasteiger partial charge >= 0.3 is 0 Å². The maximum Gasteiger partial charge on any atom is 0.167 e. The Kier molecular flexibility index (Phi) is 8.34. The van der Waals surface area contributed by atoms with Gasteiger partial charge < -0.3 is 10.2 Å².